The highest BCUT2D eigenvalue weighted by Gasteiger charge is 2.31. The van der Waals surface area contributed by atoms with Crippen molar-refractivity contribution in [1.82, 2.24) is 5.32 Å². The van der Waals surface area contributed by atoms with E-state index in [-0.39, 0.29) is 11.9 Å². The first-order valence-electron chi connectivity index (χ1n) is 8.72. The highest BCUT2D eigenvalue weighted by atomic mass is 19.4. The van der Waals surface area contributed by atoms with Crippen LogP contribution in [0.15, 0.2) is 66.7 Å². The molecule has 0 aromatic heterocycles. The summed E-state index contributed by atoms with van der Waals surface area (Å²) in [6.07, 6.45) is -4.43. The van der Waals surface area contributed by atoms with E-state index in [1.807, 2.05) is 49.4 Å². The Bertz CT molecular complexity index is 960. The maximum absolute atomic E-state index is 12.9. The molecule has 0 saturated carbocycles. The molecule has 0 aliphatic rings. The van der Waals surface area contributed by atoms with Crippen LogP contribution in [0.25, 0.3) is 10.8 Å². The molecule has 0 fully saturated rings. The van der Waals surface area contributed by atoms with Crippen LogP contribution >= 0.6 is 0 Å². The van der Waals surface area contributed by atoms with Crippen molar-refractivity contribution in [2.45, 2.75) is 32.0 Å². The van der Waals surface area contributed by atoms with Crippen LogP contribution in [0.1, 0.15) is 42.5 Å². The molecule has 0 bridgehead atoms. The monoisotopic (exact) mass is 371 g/mol. The summed E-state index contributed by atoms with van der Waals surface area (Å²) in [5.41, 5.74) is 0.562. The van der Waals surface area contributed by atoms with Gasteiger partial charge in [-0.25, -0.2) is 0 Å². The van der Waals surface area contributed by atoms with E-state index in [0.29, 0.717) is 5.56 Å². The Kier molecular flexibility index (Phi) is 5.22. The van der Waals surface area contributed by atoms with Gasteiger partial charge in [-0.2, -0.15) is 13.2 Å². The van der Waals surface area contributed by atoms with Crippen molar-refractivity contribution >= 4 is 16.7 Å². The smallest absolute Gasteiger partial charge is 0.349 e. The minimum atomic E-state index is -4.43. The SMILES string of the molecule is CC(C(=O)N[C@H](C)c1cccc2ccccc12)c1cccc(C(F)(F)F)c1. The van der Waals surface area contributed by atoms with Gasteiger partial charge in [-0.05, 0) is 41.8 Å². The first kappa shape index (κ1) is 19.0. The van der Waals surface area contributed by atoms with Crippen molar-refractivity contribution in [2.24, 2.45) is 0 Å². The lowest BCUT2D eigenvalue weighted by Gasteiger charge is -2.20. The zero-order valence-corrected chi connectivity index (χ0v) is 15.0. The predicted octanol–water partition coefficient (Wildman–Crippen LogP) is 5.84. The summed E-state index contributed by atoms with van der Waals surface area (Å²) in [7, 11) is 0. The molecule has 3 aromatic carbocycles. The van der Waals surface area contributed by atoms with Crippen LogP contribution < -0.4 is 5.32 Å². The average Bonchev–Trinajstić information content (AvgIpc) is 2.66. The van der Waals surface area contributed by atoms with Crippen molar-refractivity contribution in [2.75, 3.05) is 0 Å². The molecule has 140 valence electrons. The first-order chi connectivity index (χ1) is 12.8. The molecular weight excluding hydrogens is 351 g/mol. The van der Waals surface area contributed by atoms with Gasteiger partial charge in [0.1, 0.15) is 0 Å². The molecule has 0 radical (unpaired) electrons. The molecule has 1 unspecified atom stereocenters. The van der Waals surface area contributed by atoms with E-state index in [4.69, 9.17) is 0 Å². The molecule has 3 aromatic rings. The predicted molar refractivity (Wildman–Crippen MR) is 100 cm³/mol. The third kappa shape index (κ3) is 4.13. The highest BCUT2D eigenvalue weighted by molar-refractivity contribution is 5.88. The Morgan fingerprint density at radius 1 is 0.926 bits per heavy atom. The normalized spacial score (nSPS) is 14.0. The summed E-state index contributed by atoms with van der Waals surface area (Å²) in [5.74, 6) is -1.00. The molecule has 1 N–H and O–H groups in total. The summed E-state index contributed by atoms with van der Waals surface area (Å²) >= 11 is 0. The van der Waals surface area contributed by atoms with Crippen LogP contribution in [0.5, 0.6) is 0 Å². The van der Waals surface area contributed by atoms with Crippen molar-refractivity contribution in [1.29, 1.82) is 0 Å². The Labute approximate surface area is 156 Å². The largest absolute Gasteiger partial charge is 0.416 e. The van der Waals surface area contributed by atoms with E-state index >= 15 is 0 Å². The average molecular weight is 371 g/mol. The van der Waals surface area contributed by atoms with Gasteiger partial charge in [-0.3, -0.25) is 4.79 Å². The van der Waals surface area contributed by atoms with E-state index in [1.54, 1.807) is 13.0 Å². The van der Waals surface area contributed by atoms with E-state index < -0.39 is 17.7 Å². The Hall–Kier alpha value is -2.82. The maximum atomic E-state index is 12.9. The number of halogens is 3. The van der Waals surface area contributed by atoms with Crippen LogP contribution in [0.2, 0.25) is 0 Å². The third-order valence-electron chi connectivity index (χ3n) is 4.76. The fourth-order valence-electron chi connectivity index (χ4n) is 3.18. The van der Waals surface area contributed by atoms with Crippen LogP contribution in [0, 0.1) is 0 Å². The van der Waals surface area contributed by atoms with Gasteiger partial charge in [0, 0.05) is 0 Å². The van der Waals surface area contributed by atoms with Gasteiger partial charge in [0.2, 0.25) is 5.91 Å². The number of carbonyl (C=O) groups excluding carboxylic acids is 1. The van der Waals surface area contributed by atoms with Gasteiger partial charge in [0.15, 0.2) is 0 Å². The molecule has 5 heteroatoms. The fraction of sp³-hybridized carbons (Fsp3) is 0.227. The van der Waals surface area contributed by atoms with Crippen LogP contribution in [-0.4, -0.2) is 5.91 Å². The summed E-state index contributed by atoms with van der Waals surface area (Å²) in [6, 6.07) is 18.4. The van der Waals surface area contributed by atoms with Crippen molar-refractivity contribution in [3.05, 3.63) is 83.4 Å². The van der Waals surface area contributed by atoms with Crippen LogP contribution in [-0.2, 0) is 11.0 Å². The minimum absolute atomic E-state index is 0.267. The van der Waals surface area contributed by atoms with Crippen molar-refractivity contribution < 1.29 is 18.0 Å². The number of fused-ring (bicyclic) bond motifs is 1. The molecule has 3 rings (SSSR count). The molecular formula is C22H20F3NO. The number of alkyl halides is 3. The molecule has 1 amide bonds. The third-order valence-corrected chi connectivity index (χ3v) is 4.76. The molecule has 0 spiro atoms. The van der Waals surface area contributed by atoms with E-state index in [2.05, 4.69) is 5.32 Å². The second-order valence-corrected chi connectivity index (χ2v) is 6.64. The first-order valence-corrected chi connectivity index (χ1v) is 8.72. The number of rotatable bonds is 4. The molecule has 0 saturated heterocycles. The fourth-order valence-corrected chi connectivity index (χ4v) is 3.18. The van der Waals surface area contributed by atoms with E-state index in [0.717, 1.165) is 28.5 Å². The van der Waals surface area contributed by atoms with Gasteiger partial charge in [-0.1, -0.05) is 60.7 Å². The van der Waals surface area contributed by atoms with Crippen LogP contribution in [0.4, 0.5) is 13.2 Å². The van der Waals surface area contributed by atoms with Gasteiger partial charge < -0.3 is 5.32 Å². The second kappa shape index (κ2) is 7.43. The highest BCUT2D eigenvalue weighted by Crippen LogP contribution is 2.31. The second-order valence-electron chi connectivity index (χ2n) is 6.64. The van der Waals surface area contributed by atoms with E-state index in [1.165, 1.54) is 6.07 Å². The molecule has 2 nitrogen and oxygen atoms in total. The summed E-state index contributed by atoms with van der Waals surface area (Å²) in [6.45, 7) is 3.49. The number of carbonyl (C=O) groups is 1. The van der Waals surface area contributed by atoms with E-state index in [9.17, 15) is 18.0 Å². The van der Waals surface area contributed by atoms with Gasteiger partial charge in [0.05, 0.1) is 17.5 Å². The minimum Gasteiger partial charge on any atom is -0.349 e. The number of amides is 1. The topological polar surface area (TPSA) is 29.1 Å². The van der Waals surface area contributed by atoms with Gasteiger partial charge >= 0.3 is 6.18 Å². The molecule has 0 aliphatic heterocycles. The quantitative estimate of drug-likeness (QED) is 0.613. The lowest BCUT2D eigenvalue weighted by molar-refractivity contribution is -0.137. The molecule has 0 heterocycles. The van der Waals surface area contributed by atoms with Crippen LogP contribution in [0.3, 0.4) is 0 Å². The maximum Gasteiger partial charge on any atom is 0.416 e. The van der Waals surface area contributed by atoms with Crippen molar-refractivity contribution in [3.8, 4) is 0 Å². The molecule has 0 aliphatic carbocycles. The molecule has 2 atom stereocenters. The zero-order chi connectivity index (χ0) is 19.6. The standard InChI is InChI=1S/C22H20F3NO/c1-14(17-9-5-10-18(13-17)22(23,24)25)21(27)26-15(2)19-12-6-8-16-7-3-4-11-20(16)19/h3-15H,1-2H3,(H,26,27)/t14?,15-/m1/s1. The van der Waals surface area contributed by atoms with Gasteiger partial charge in [0.25, 0.3) is 0 Å². The number of hydrogen-bond acceptors (Lipinski definition) is 1. The number of hydrogen-bond donors (Lipinski definition) is 1. The Morgan fingerprint density at radius 3 is 2.33 bits per heavy atom. The number of nitrogens with one attached hydrogen (secondary N) is 1. The Morgan fingerprint density at radius 2 is 1.59 bits per heavy atom. The Balaban J connectivity index is 1.80. The van der Waals surface area contributed by atoms with Crippen molar-refractivity contribution in [3.63, 3.8) is 0 Å². The molecule has 27 heavy (non-hydrogen) atoms. The lowest BCUT2D eigenvalue weighted by Crippen LogP contribution is -2.30. The number of benzene rings is 3. The van der Waals surface area contributed by atoms with Gasteiger partial charge in [-0.15, -0.1) is 0 Å². The summed E-state index contributed by atoms with van der Waals surface area (Å²) in [4.78, 5) is 12.6. The summed E-state index contributed by atoms with van der Waals surface area (Å²) in [5, 5.41) is 5.04. The lowest BCUT2D eigenvalue weighted by atomic mass is 9.96. The zero-order valence-electron chi connectivity index (χ0n) is 15.0. The summed E-state index contributed by atoms with van der Waals surface area (Å²) < 4.78 is 38.7.